The number of nitrogens with two attached hydrogens (primary N) is 1. The van der Waals surface area contributed by atoms with E-state index >= 15 is 0 Å². The zero-order valence-corrected chi connectivity index (χ0v) is 15.6. The van der Waals surface area contributed by atoms with Crippen molar-refractivity contribution in [3.63, 3.8) is 0 Å². The molecule has 0 radical (unpaired) electrons. The number of hydrogen-bond donors (Lipinski definition) is 2. The summed E-state index contributed by atoms with van der Waals surface area (Å²) in [5, 5.41) is 8.61. The number of H-pyrrole nitrogens is 1. The normalized spacial score (nSPS) is 23.7. The van der Waals surface area contributed by atoms with Gasteiger partial charge in [-0.3, -0.25) is 5.10 Å². The summed E-state index contributed by atoms with van der Waals surface area (Å²) in [6.07, 6.45) is 4.79. The number of aromatic amines is 1. The van der Waals surface area contributed by atoms with Crippen molar-refractivity contribution in [3.8, 4) is 17.1 Å². The third-order valence-corrected chi connectivity index (χ3v) is 5.65. The van der Waals surface area contributed by atoms with E-state index in [1.165, 1.54) is 0 Å². The first-order chi connectivity index (χ1) is 13.0. The maximum Gasteiger partial charge on any atom is 0.132 e. The molecule has 7 nitrogen and oxygen atoms in total. The Hall–Kier alpha value is -2.67. The molecule has 2 atom stereocenters. The van der Waals surface area contributed by atoms with Gasteiger partial charge in [-0.25, -0.2) is 9.97 Å². The number of ether oxygens (including phenoxy) is 1. The van der Waals surface area contributed by atoms with E-state index in [0.29, 0.717) is 6.04 Å². The van der Waals surface area contributed by atoms with Crippen LogP contribution in [-0.2, 0) is 0 Å². The highest BCUT2D eigenvalue weighted by atomic mass is 16.5. The monoisotopic (exact) mass is 364 g/mol. The Bertz CT molecular complexity index is 995. The molecular formula is C20H24N6O. The number of rotatable bonds is 4. The fourth-order valence-corrected chi connectivity index (χ4v) is 3.84. The van der Waals surface area contributed by atoms with Crippen LogP contribution in [0.15, 0.2) is 30.6 Å². The number of nitrogens with one attached hydrogen (secondary N) is 1. The Labute approximate surface area is 157 Å². The summed E-state index contributed by atoms with van der Waals surface area (Å²) < 4.78 is 6.12. The molecule has 1 aliphatic carbocycles. The molecule has 2 unspecified atom stereocenters. The molecule has 0 amide bonds. The Morgan fingerprint density at radius 3 is 2.85 bits per heavy atom. The van der Waals surface area contributed by atoms with Gasteiger partial charge in [0.05, 0.1) is 11.2 Å². The lowest BCUT2D eigenvalue weighted by molar-refractivity contribution is 0.200. The third-order valence-electron chi connectivity index (χ3n) is 5.65. The van der Waals surface area contributed by atoms with Crippen LogP contribution in [0.3, 0.4) is 0 Å². The van der Waals surface area contributed by atoms with E-state index < -0.39 is 0 Å². The summed E-state index contributed by atoms with van der Waals surface area (Å²) in [6, 6.07) is 8.61. The maximum absolute atomic E-state index is 6.12. The van der Waals surface area contributed by atoms with Gasteiger partial charge in [0.2, 0.25) is 0 Å². The second-order valence-electron chi connectivity index (χ2n) is 8.09. The van der Waals surface area contributed by atoms with Gasteiger partial charge in [-0.05, 0) is 51.3 Å². The van der Waals surface area contributed by atoms with E-state index in [-0.39, 0.29) is 11.6 Å². The van der Waals surface area contributed by atoms with Crippen molar-refractivity contribution in [1.82, 2.24) is 20.2 Å². The summed E-state index contributed by atoms with van der Waals surface area (Å²) in [5.74, 6) is 1.77. The molecule has 5 rings (SSSR count). The fourth-order valence-electron chi connectivity index (χ4n) is 3.84. The van der Waals surface area contributed by atoms with Crippen LogP contribution in [0.5, 0.6) is 5.75 Å². The van der Waals surface area contributed by atoms with E-state index in [4.69, 9.17) is 10.5 Å². The van der Waals surface area contributed by atoms with Crippen LogP contribution >= 0.6 is 0 Å². The molecular weight excluding hydrogens is 340 g/mol. The molecule has 27 heavy (non-hydrogen) atoms. The minimum Gasteiger partial charge on any atom is -0.488 e. The summed E-state index contributed by atoms with van der Waals surface area (Å²) in [4.78, 5) is 11.2. The molecule has 2 aliphatic rings. The summed E-state index contributed by atoms with van der Waals surface area (Å²) in [5.41, 5.74) is 8.69. The molecule has 140 valence electrons. The molecule has 7 heteroatoms. The second-order valence-corrected chi connectivity index (χ2v) is 8.09. The highest BCUT2D eigenvalue weighted by Crippen LogP contribution is 2.40. The van der Waals surface area contributed by atoms with Gasteiger partial charge in [0, 0.05) is 30.1 Å². The smallest absolute Gasteiger partial charge is 0.132 e. The highest BCUT2D eigenvalue weighted by molar-refractivity contribution is 5.93. The van der Waals surface area contributed by atoms with Crippen molar-refractivity contribution >= 4 is 16.7 Å². The zero-order chi connectivity index (χ0) is 18.6. The van der Waals surface area contributed by atoms with Gasteiger partial charge in [-0.2, -0.15) is 5.10 Å². The first-order valence-corrected chi connectivity index (χ1v) is 9.53. The SMILES string of the molecule is CC1CC(N)CN1c1cc(-c2n[nH]c3ccc(OC4(C)CC4)cc23)ncn1. The lowest BCUT2D eigenvalue weighted by atomic mass is 10.1. The number of anilines is 1. The summed E-state index contributed by atoms with van der Waals surface area (Å²) >= 11 is 0. The van der Waals surface area contributed by atoms with Gasteiger partial charge < -0.3 is 15.4 Å². The molecule has 1 saturated carbocycles. The van der Waals surface area contributed by atoms with Gasteiger partial charge in [-0.15, -0.1) is 0 Å². The average Bonchev–Trinajstić information content (AvgIpc) is 3.08. The Morgan fingerprint density at radius 1 is 1.26 bits per heavy atom. The fraction of sp³-hybridized carbons (Fsp3) is 0.450. The number of benzene rings is 1. The molecule has 0 spiro atoms. The van der Waals surface area contributed by atoms with Gasteiger partial charge in [-0.1, -0.05) is 0 Å². The Morgan fingerprint density at radius 2 is 2.11 bits per heavy atom. The van der Waals surface area contributed by atoms with Gasteiger partial charge in [0.25, 0.3) is 0 Å². The van der Waals surface area contributed by atoms with Gasteiger partial charge in [0.15, 0.2) is 0 Å². The number of nitrogens with zero attached hydrogens (tertiary/aromatic N) is 4. The van der Waals surface area contributed by atoms with E-state index in [2.05, 4.69) is 38.9 Å². The van der Waals surface area contributed by atoms with E-state index in [9.17, 15) is 0 Å². The summed E-state index contributed by atoms with van der Waals surface area (Å²) in [6.45, 7) is 5.14. The van der Waals surface area contributed by atoms with Crippen LogP contribution in [0.1, 0.15) is 33.1 Å². The van der Waals surface area contributed by atoms with Crippen LogP contribution in [0.4, 0.5) is 5.82 Å². The van der Waals surface area contributed by atoms with Gasteiger partial charge in [0.1, 0.15) is 29.2 Å². The van der Waals surface area contributed by atoms with E-state index in [1.807, 2.05) is 24.3 Å². The van der Waals surface area contributed by atoms with Crippen molar-refractivity contribution in [2.45, 2.75) is 50.8 Å². The largest absolute Gasteiger partial charge is 0.488 e. The number of aromatic nitrogens is 4. The van der Waals surface area contributed by atoms with Crippen molar-refractivity contribution in [3.05, 3.63) is 30.6 Å². The number of hydrogen-bond acceptors (Lipinski definition) is 6. The predicted molar refractivity (Wildman–Crippen MR) is 105 cm³/mol. The molecule has 2 aromatic heterocycles. The lowest BCUT2D eigenvalue weighted by Gasteiger charge is -2.22. The minimum atomic E-state index is -0.00960. The topological polar surface area (TPSA) is 93.0 Å². The molecule has 2 fully saturated rings. The van der Waals surface area contributed by atoms with E-state index in [0.717, 1.165) is 59.7 Å². The molecule has 1 aromatic carbocycles. The van der Waals surface area contributed by atoms with Crippen LogP contribution in [0, 0.1) is 0 Å². The van der Waals surface area contributed by atoms with Crippen molar-refractivity contribution in [1.29, 1.82) is 0 Å². The number of fused-ring (bicyclic) bond motifs is 1. The van der Waals surface area contributed by atoms with Crippen LogP contribution in [-0.4, -0.2) is 44.4 Å². The third kappa shape index (κ3) is 3.02. The Balaban J connectivity index is 1.51. The first kappa shape index (κ1) is 16.5. The standard InChI is InChI=1S/C20H24N6O/c1-12-7-13(21)10-26(12)18-9-17(22-11-23-18)19-15-8-14(27-20(2)5-6-20)3-4-16(15)24-25-19/h3-4,8-9,11-13H,5-7,10,21H2,1-2H3,(H,24,25). The quantitative estimate of drug-likeness (QED) is 0.739. The van der Waals surface area contributed by atoms with Crippen LogP contribution in [0.25, 0.3) is 22.3 Å². The average molecular weight is 364 g/mol. The lowest BCUT2D eigenvalue weighted by Crippen LogP contribution is -2.29. The van der Waals surface area contributed by atoms with Crippen LogP contribution in [0.2, 0.25) is 0 Å². The molecule has 0 bridgehead atoms. The molecule has 3 N–H and O–H groups in total. The molecule has 1 aliphatic heterocycles. The minimum absolute atomic E-state index is 0.00960. The maximum atomic E-state index is 6.12. The zero-order valence-electron chi connectivity index (χ0n) is 15.6. The van der Waals surface area contributed by atoms with Crippen LogP contribution < -0.4 is 15.4 Å². The van der Waals surface area contributed by atoms with E-state index in [1.54, 1.807) is 6.33 Å². The predicted octanol–water partition coefficient (Wildman–Crippen LogP) is 2.88. The van der Waals surface area contributed by atoms with Gasteiger partial charge >= 0.3 is 0 Å². The van der Waals surface area contributed by atoms with Crippen molar-refractivity contribution in [2.24, 2.45) is 5.73 Å². The van der Waals surface area contributed by atoms with Crippen molar-refractivity contribution in [2.75, 3.05) is 11.4 Å². The first-order valence-electron chi connectivity index (χ1n) is 9.53. The Kier molecular flexibility index (Phi) is 3.62. The molecule has 1 saturated heterocycles. The summed E-state index contributed by atoms with van der Waals surface area (Å²) in [7, 11) is 0. The second kappa shape index (κ2) is 5.92. The van der Waals surface area contributed by atoms with Crippen molar-refractivity contribution < 1.29 is 4.74 Å². The molecule has 3 heterocycles. The molecule has 3 aromatic rings. The highest BCUT2D eigenvalue weighted by Gasteiger charge is 2.40.